The average Bonchev–Trinajstić information content (AvgIpc) is 2.81. The fourth-order valence-electron chi connectivity index (χ4n) is 3.60. The van der Waals surface area contributed by atoms with Crippen LogP contribution >= 0.6 is 0 Å². The maximum atomic E-state index is 12.6. The Kier molecular flexibility index (Phi) is 8.24. The number of anilines is 2. The predicted molar refractivity (Wildman–Crippen MR) is 130 cm³/mol. The summed E-state index contributed by atoms with van der Waals surface area (Å²) in [5.41, 5.74) is 1.48. The Morgan fingerprint density at radius 2 is 1.82 bits per heavy atom. The highest BCUT2D eigenvalue weighted by molar-refractivity contribution is 7.89. The van der Waals surface area contributed by atoms with Gasteiger partial charge in [-0.15, -0.1) is 0 Å². The summed E-state index contributed by atoms with van der Waals surface area (Å²) >= 11 is 0. The van der Waals surface area contributed by atoms with Crippen molar-refractivity contribution in [1.29, 1.82) is 0 Å². The number of amides is 1. The zero-order valence-electron chi connectivity index (χ0n) is 19.9. The van der Waals surface area contributed by atoms with E-state index >= 15 is 0 Å². The number of hydrogen-bond acceptors (Lipinski definition) is 8. The summed E-state index contributed by atoms with van der Waals surface area (Å²) in [6.45, 7) is 6.71. The van der Waals surface area contributed by atoms with E-state index in [0.717, 1.165) is 10.1 Å². The van der Waals surface area contributed by atoms with E-state index < -0.39 is 16.0 Å². The van der Waals surface area contributed by atoms with Crippen LogP contribution in [0.1, 0.15) is 22.8 Å². The van der Waals surface area contributed by atoms with Gasteiger partial charge in [-0.1, -0.05) is 6.07 Å². The van der Waals surface area contributed by atoms with Crippen molar-refractivity contribution in [2.75, 3.05) is 63.6 Å². The smallest absolute Gasteiger partial charge is 0.339 e. The van der Waals surface area contributed by atoms with Crippen molar-refractivity contribution in [3.05, 3.63) is 47.7 Å². The molecule has 0 bridgehead atoms. The number of ether oxygens (including phenoxy) is 1. The fourth-order valence-corrected chi connectivity index (χ4v) is 4.74. The molecule has 0 radical (unpaired) electrons. The molecule has 1 aromatic carbocycles. The van der Waals surface area contributed by atoms with Crippen molar-refractivity contribution in [2.24, 2.45) is 0 Å². The maximum Gasteiger partial charge on any atom is 0.339 e. The second kappa shape index (κ2) is 10.9. The standard InChI is InChI=1S/C23H31N5O5S/c1-5-33-23(30)18-7-9-21(24-15-18)28-12-10-27(11-13-28)16-22(29)25-19-8-6-17(2)20(14-19)34(31,32)26(3)4/h6-9,14-15H,5,10-13,16H2,1-4H3,(H,25,29). The topological polar surface area (TPSA) is 112 Å². The van der Waals surface area contributed by atoms with Crippen LogP contribution < -0.4 is 10.2 Å². The van der Waals surface area contributed by atoms with Gasteiger partial charge in [0.2, 0.25) is 15.9 Å². The minimum Gasteiger partial charge on any atom is -0.462 e. The molecule has 11 heteroatoms. The summed E-state index contributed by atoms with van der Waals surface area (Å²) in [6, 6.07) is 8.38. The quantitative estimate of drug-likeness (QED) is 0.556. The molecule has 1 fully saturated rings. The summed E-state index contributed by atoms with van der Waals surface area (Å²) in [4.78, 5) is 33.0. The molecule has 1 saturated heterocycles. The first-order valence-corrected chi connectivity index (χ1v) is 12.5. The second-order valence-electron chi connectivity index (χ2n) is 8.20. The molecule has 2 heterocycles. The highest BCUT2D eigenvalue weighted by Gasteiger charge is 2.22. The van der Waals surface area contributed by atoms with Crippen LogP contribution in [0.15, 0.2) is 41.4 Å². The highest BCUT2D eigenvalue weighted by atomic mass is 32.2. The van der Waals surface area contributed by atoms with Gasteiger partial charge in [0, 0.05) is 52.2 Å². The van der Waals surface area contributed by atoms with Crippen molar-refractivity contribution in [2.45, 2.75) is 18.7 Å². The average molecular weight is 490 g/mol. The zero-order chi connectivity index (χ0) is 24.9. The molecule has 1 aliphatic rings. The molecule has 184 valence electrons. The van der Waals surface area contributed by atoms with Crippen molar-refractivity contribution < 1.29 is 22.7 Å². The number of carbonyl (C=O) groups is 2. The van der Waals surface area contributed by atoms with Crippen molar-refractivity contribution in [1.82, 2.24) is 14.2 Å². The van der Waals surface area contributed by atoms with E-state index in [1.165, 1.54) is 26.4 Å². The van der Waals surface area contributed by atoms with Gasteiger partial charge in [-0.05, 0) is 43.7 Å². The van der Waals surface area contributed by atoms with E-state index in [0.29, 0.717) is 49.6 Å². The van der Waals surface area contributed by atoms with Crippen LogP contribution in [0.5, 0.6) is 0 Å². The van der Waals surface area contributed by atoms with E-state index in [1.807, 2.05) is 4.90 Å². The number of nitrogens with zero attached hydrogens (tertiary/aromatic N) is 4. The number of sulfonamides is 1. The molecule has 0 unspecified atom stereocenters. The molecule has 3 rings (SSSR count). The summed E-state index contributed by atoms with van der Waals surface area (Å²) in [6.07, 6.45) is 1.51. The number of nitrogens with one attached hydrogen (secondary N) is 1. The summed E-state index contributed by atoms with van der Waals surface area (Å²) in [5.74, 6) is 0.172. The lowest BCUT2D eigenvalue weighted by molar-refractivity contribution is -0.117. The van der Waals surface area contributed by atoms with Gasteiger partial charge in [-0.2, -0.15) is 0 Å². The zero-order valence-corrected chi connectivity index (χ0v) is 20.8. The second-order valence-corrected chi connectivity index (χ2v) is 10.3. The Morgan fingerprint density at radius 3 is 2.41 bits per heavy atom. The van der Waals surface area contributed by atoms with Gasteiger partial charge in [-0.3, -0.25) is 9.69 Å². The molecule has 0 saturated carbocycles. The highest BCUT2D eigenvalue weighted by Crippen LogP contribution is 2.22. The van der Waals surface area contributed by atoms with Crippen LogP contribution in [0.4, 0.5) is 11.5 Å². The molecule has 1 N–H and O–H groups in total. The first-order valence-electron chi connectivity index (χ1n) is 11.1. The number of benzene rings is 1. The first-order chi connectivity index (χ1) is 16.1. The van der Waals surface area contributed by atoms with Crippen molar-refractivity contribution >= 4 is 33.4 Å². The molecule has 1 amide bonds. The monoisotopic (exact) mass is 489 g/mol. The predicted octanol–water partition coefficient (Wildman–Crippen LogP) is 1.58. The van der Waals surface area contributed by atoms with Crippen LogP contribution in [0.25, 0.3) is 0 Å². The number of rotatable bonds is 8. The number of aryl methyl sites for hydroxylation is 1. The molecule has 1 aliphatic heterocycles. The molecule has 0 atom stereocenters. The molecular formula is C23H31N5O5S. The maximum absolute atomic E-state index is 12.6. The molecule has 0 aliphatic carbocycles. The van der Waals surface area contributed by atoms with Gasteiger partial charge in [0.05, 0.1) is 23.6 Å². The Bertz CT molecular complexity index is 1130. The Balaban J connectivity index is 1.54. The van der Waals surface area contributed by atoms with Gasteiger partial charge >= 0.3 is 5.97 Å². The Hall–Kier alpha value is -3.02. The normalized spacial score (nSPS) is 14.8. The first kappa shape index (κ1) is 25.6. The third-order valence-corrected chi connectivity index (χ3v) is 7.51. The van der Waals surface area contributed by atoms with Gasteiger partial charge in [0.25, 0.3) is 0 Å². The third-order valence-electron chi connectivity index (χ3n) is 5.55. The van der Waals surface area contributed by atoms with Gasteiger partial charge < -0.3 is 15.0 Å². The SMILES string of the molecule is CCOC(=O)c1ccc(N2CCN(CC(=O)Nc3ccc(C)c(S(=O)(=O)N(C)C)c3)CC2)nc1. The molecule has 1 aromatic heterocycles. The summed E-state index contributed by atoms with van der Waals surface area (Å²) in [7, 11) is -0.649. The van der Waals surface area contributed by atoms with Gasteiger partial charge in [0.15, 0.2) is 0 Å². The number of piperazine rings is 1. The van der Waals surface area contributed by atoms with E-state index in [2.05, 4.69) is 15.2 Å². The lowest BCUT2D eigenvalue weighted by Gasteiger charge is -2.35. The fraction of sp³-hybridized carbons (Fsp3) is 0.435. The molecule has 10 nitrogen and oxygen atoms in total. The molecule has 34 heavy (non-hydrogen) atoms. The summed E-state index contributed by atoms with van der Waals surface area (Å²) < 4.78 is 31.1. The number of esters is 1. The van der Waals surface area contributed by atoms with Crippen LogP contribution in [0.2, 0.25) is 0 Å². The lowest BCUT2D eigenvalue weighted by Crippen LogP contribution is -2.48. The lowest BCUT2D eigenvalue weighted by atomic mass is 10.2. The number of pyridine rings is 1. The van der Waals surface area contributed by atoms with Gasteiger partial charge in [-0.25, -0.2) is 22.5 Å². The number of hydrogen-bond donors (Lipinski definition) is 1. The van der Waals surface area contributed by atoms with E-state index in [-0.39, 0.29) is 17.3 Å². The minimum absolute atomic E-state index is 0.172. The number of carbonyl (C=O) groups excluding carboxylic acids is 2. The van der Waals surface area contributed by atoms with Crippen LogP contribution in [-0.4, -0.2) is 87.9 Å². The third kappa shape index (κ3) is 6.10. The largest absolute Gasteiger partial charge is 0.462 e. The molecule has 0 spiro atoms. The Morgan fingerprint density at radius 1 is 1.12 bits per heavy atom. The van der Waals surface area contributed by atoms with E-state index in [4.69, 9.17) is 4.74 Å². The van der Waals surface area contributed by atoms with Crippen LogP contribution in [0.3, 0.4) is 0 Å². The van der Waals surface area contributed by atoms with Gasteiger partial charge in [0.1, 0.15) is 5.82 Å². The molecule has 2 aromatic rings. The van der Waals surface area contributed by atoms with Crippen LogP contribution in [0, 0.1) is 6.92 Å². The van der Waals surface area contributed by atoms with Crippen LogP contribution in [-0.2, 0) is 19.6 Å². The van der Waals surface area contributed by atoms with Crippen molar-refractivity contribution in [3.8, 4) is 0 Å². The van der Waals surface area contributed by atoms with E-state index in [1.54, 1.807) is 38.1 Å². The van der Waals surface area contributed by atoms with E-state index in [9.17, 15) is 18.0 Å². The minimum atomic E-state index is -3.60. The Labute approximate surface area is 200 Å². The summed E-state index contributed by atoms with van der Waals surface area (Å²) in [5, 5.41) is 2.80. The number of aromatic nitrogens is 1. The van der Waals surface area contributed by atoms with Crippen molar-refractivity contribution in [3.63, 3.8) is 0 Å². The molecular weight excluding hydrogens is 458 g/mol.